The van der Waals surface area contributed by atoms with Crippen LogP contribution in [0.15, 0.2) is 64.9 Å². The quantitative estimate of drug-likeness (QED) is 0.251. The second-order valence-electron chi connectivity index (χ2n) is 7.20. The van der Waals surface area contributed by atoms with Gasteiger partial charge in [-0.3, -0.25) is 4.79 Å². The molecule has 6 nitrogen and oxygen atoms in total. The summed E-state index contributed by atoms with van der Waals surface area (Å²) in [6.45, 7) is 0. The molecule has 0 saturated carbocycles. The number of nitrogens with one attached hydrogen (secondary N) is 2. The minimum atomic E-state index is -0.221. The Morgan fingerprint density at radius 1 is 1.07 bits per heavy atom. The SMILES string of the molecule is N=NN=C(N)c1ccc(-c2c#cccc2)cc1NC(=O)c1ccc2c(c1)CCCC2. The van der Waals surface area contributed by atoms with Gasteiger partial charge in [0.05, 0.1) is 5.69 Å². The second kappa shape index (κ2) is 8.58. The lowest BCUT2D eigenvalue weighted by molar-refractivity contribution is 0.102. The Morgan fingerprint density at radius 2 is 1.90 bits per heavy atom. The maximum atomic E-state index is 13.0. The number of benzene rings is 2. The lowest BCUT2D eigenvalue weighted by atomic mass is 9.90. The van der Waals surface area contributed by atoms with Crippen LogP contribution in [0.4, 0.5) is 5.69 Å². The van der Waals surface area contributed by atoms with Crippen LogP contribution >= 0.6 is 0 Å². The number of aryl methyl sites for hydroxylation is 2. The van der Waals surface area contributed by atoms with Crippen molar-refractivity contribution < 1.29 is 4.79 Å². The second-order valence-corrected chi connectivity index (χ2v) is 7.20. The largest absolute Gasteiger partial charge is 0.382 e. The minimum Gasteiger partial charge on any atom is -0.382 e. The van der Waals surface area contributed by atoms with Gasteiger partial charge in [-0.15, -0.1) is 5.10 Å². The Kier molecular flexibility index (Phi) is 5.53. The van der Waals surface area contributed by atoms with Gasteiger partial charge in [-0.1, -0.05) is 35.6 Å². The Bertz CT molecular complexity index is 1120. The van der Waals surface area contributed by atoms with E-state index in [1.165, 1.54) is 17.5 Å². The van der Waals surface area contributed by atoms with Crippen LogP contribution in [0.3, 0.4) is 0 Å². The topological polar surface area (TPSA) is 104 Å². The summed E-state index contributed by atoms with van der Waals surface area (Å²) in [5.74, 6) is -0.165. The van der Waals surface area contributed by atoms with E-state index in [2.05, 4.69) is 27.8 Å². The molecule has 4 N–H and O–H groups in total. The third-order valence-electron chi connectivity index (χ3n) is 5.27. The number of rotatable bonds is 5. The zero-order valence-electron chi connectivity index (χ0n) is 16.4. The van der Waals surface area contributed by atoms with Crippen molar-refractivity contribution in [1.82, 2.24) is 0 Å². The van der Waals surface area contributed by atoms with E-state index >= 15 is 0 Å². The molecule has 0 heterocycles. The monoisotopic (exact) mass is 395 g/mol. The van der Waals surface area contributed by atoms with Gasteiger partial charge in [0.1, 0.15) is 0 Å². The van der Waals surface area contributed by atoms with E-state index in [1.807, 2.05) is 42.5 Å². The fourth-order valence-corrected chi connectivity index (χ4v) is 3.74. The molecular formula is C24H21N5O. The number of nitrogens with zero attached hydrogens (tertiary/aromatic N) is 2. The predicted octanol–water partition coefficient (Wildman–Crippen LogP) is 4.74. The van der Waals surface area contributed by atoms with Crippen molar-refractivity contribution in [2.24, 2.45) is 16.1 Å². The van der Waals surface area contributed by atoms with Crippen molar-refractivity contribution in [2.45, 2.75) is 25.7 Å². The highest BCUT2D eigenvalue weighted by atomic mass is 16.1. The van der Waals surface area contributed by atoms with Crippen molar-refractivity contribution in [3.8, 4) is 11.1 Å². The normalized spacial score (nSPS) is 13.1. The smallest absolute Gasteiger partial charge is 0.255 e. The summed E-state index contributed by atoms with van der Waals surface area (Å²) in [4.78, 5) is 13.0. The van der Waals surface area contributed by atoms with Crippen molar-refractivity contribution in [1.29, 1.82) is 5.53 Å². The lowest BCUT2D eigenvalue weighted by Gasteiger charge is -2.17. The molecule has 3 aromatic rings. The van der Waals surface area contributed by atoms with Crippen molar-refractivity contribution >= 4 is 17.4 Å². The maximum absolute atomic E-state index is 13.0. The molecule has 0 spiro atoms. The van der Waals surface area contributed by atoms with Crippen LogP contribution in [0, 0.1) is 17.7 Å². The van der Waals surface area contributed by atoms with Crippen LogP contribution in [0.25, 0.3) is 11.1 Å². The Labute approximate surface area is 175 Å². The average molecular weight is 395 g/mol. The van der Waals surface area contributed by atoms with Gasteiger partial charge >= 0.3 is 0 Å². The number of carbonyl (C=O) groups is 1. The molecule has 0 unspecified atom stereocenters. The van der Waals surface area contributed by atoms with E-state index in [4.69, 9.17) is 11.3 Å². The van der Waals surface area contributed by atoms with Crippen molar-refractivity contribution in [3.63, 3.8) is 0 Å². The molecule has 30 heavy (non-hydrogen) atoms. The molecule has 6 heteroatoms. The first kappa shape index (κ1) is 19.3. The number of amides is 1. The Hall–Kier alpha value is -3.98. The van der Waals surface area contributed by atoms with Crippen LogP contribution in [0.5, 0.6) is 0 Å². The van der Waals surface area contributed by atoms with Crippen LogP contribution in [-0.2, 0) is 12.8 Å². The van der Waals surface area contributed by atoms with Crippen LogP contribution in [0.2, 0.25) is 0 Å². The highest BCUT2D eigenvalue weighted by molar-refractivity contribution is 6.10. The molecule has 4 rings (SSSR count). The predicted molar refractivity (Wildman–Crippen MR) is 116 cm³/mol. The number of anilines is 1. The summed E-state index contributed by atoms with van der Waals surface area (Å²) in [6.07, 6.45) is 4.42. The molecule has 0 bridgehead atoms. The molecule has 0 atom stereocenters. The zero-order chi connectivity index (χ0) is 20.9. The molecular weight excluding hydrogens is 374 g/mol. The molecule has 1 aliphatic carbocycles. The van der Waals surface area contributed by atoms with Gasteiger partial charge in [0, 0.05) is 16.7 Å². The van der Waals surface area contributed by atoms with Gasteiger partial charge < -0.3 is 11.1 Å². The molecule has 0 aliphatic heterocycles. The van der Waals surface area contributed by atoms with Gasteiger partial charge in [-0.2, -0.15) is 5.53 Å². The minimum absolute atomic E-state index is 0.0564. The zero-order valence-corrected chi connectivity index (χ0v) is 16.4. The number of carbonyl (C=O) groups excluding carboxylic acids is 1. The summed E-state index contributed by atoms with van der Waals surface area (Å²) in [5, 5.41) is 9.58. The average Bonchev–Trinajstić information content (AvgIpc) is 2.79. The van der Waals surface area contributed by atoms with E-state index in [1.54, 1.807) is 12.1 Å². The summed E-state index contributed by atoms with van der Waals surface area (Å²) in [6, 6.07) is 22.9. The van der Waals surface area contributed by atoms with Gasteiger partial charge in [-0.05, 0) is 78.8 Å². The first-order valence-corrected chi connectivity index (χ1v) is 9.82. The summed E-state index contributed by atoms with van der Waals surface area (Å²) in [5.41, 5.74) is 18.8. The molecule has 1 aliphatic rings. The Balaban J connectivity index is 1.69. The molecule has 1 amide bonds. The fourth-order valence-electron chi connectivity index (χ4n) is 3.74. The lowest BCUT2D eigenvalue weighted by Crippen LogP contribution is -2.19. The number of fused-ring (bicyclic) bond motifs is 1. The van der Waals surface area contributed by atoms with E-state index in [9.17, 15) is 4.79 Å². The molecule has 0 radical (unpaired) electrons. The fraction of sp³-hybridized carbons (Fsp3) is 0.167. The molecule has 3 aromatic carbocycles. The van der Waals surface area contributed by atoms with E-state index in [-0.39, 0.29) is 11.7 Å². The summed E-state index contributed by atoms with van der Waals surface area (Å²) in [7, 11) is 0. The molecule has 0 saturated heterocycles. The summed E-state index contributed by atoms with van der Waals surface area (Å²) < 4.78 is 0. The molecule has 148 valence electrons. The van der Waals surface area contributed by atoms with Crippen LogP contribution in [0.1, 0.15) is 39.9 Å². The molecule has 0 aromatic heterocycles. The Morgan fingerprint density at radius 3 is 2.67 bits per heavy atom. The van der Waals surface area contributed by atoms with Gasteiger partial charge in [-0.25, -0.2) is 0 Å². The third kappa shape index (κ3) is 4.06. The molecule has 0 fully saturated rings. The maximum Gasteiger partial charge on any atom is 0.255 e. The third-order valence-corrected chi connectivity index (χ3v) is 5.27. The summed E-state index contributed by atoms with van der Waals surface area (Å²) >= 11 is 0. The van der Waals surface area contributed by atoms with Gasteiger partial charge in [0.15, 0.2) is 5.84 Å². The van der Waals surface area contributed by atoms with Gasteiger partial charge in [0.25, 0.3) is 5.91 Å². The highest BCUT2D eigenvalue weighted by Crippen LogP contribution is 2.27. The van der Waals surface area contributed by atoms with E-state index in [0.29, 0.717) is 16.8 Å². The highest BCUT2D eigenvalue weighted by Gasteiger charge is 2.16. The van der Waals surface area contributed by atoms with Gasteiger partial charge in [0.2, 0.25) is 0 Å². The first-order chi connectivity index (χ1) is 14.7. The van der Waals surface area contributed by atoms with Crippen LogP contribution < -0.4 is 11.1 Å². The number of hydrogen-bond donors (Lipinski definition) is 3. The van der Waals surface area contributed by atoms with Crippen molar-refractivity contribution in [2.75, 3.05) is 5.32 Å². The number of nitrogens with two attached hydrogens (primary N) is 1. The number of hydrogen-bond acceptors (Lipinski definition) is 3. The first-order valence-electron chi connectivity index (χ1n) is 9.82. The van der Waals surface area contributed by atoms with Crippen molar-refractivity contribution in [3.05, 3.63) is 89.0 Å². The van der Waals surface area contributed by atoms with Crippen LogP contribution in [-0.4, -0.2) is 11.7 Å². The van der Waals surface area contributed by atoms with E-state index in [0.717, 1.165) is 30.4 Å². The standard InChI is InChI=1S/C24H21N5O/c25-23(28-29-26)21-13-12-19(16-6-2-1-3-7-16)15-22(21)27-24(30)20-11-10-17-8-4-5-9-18(17)14-20/h1-2,6,10-15H,4-5,8-9H2,(H,27,30)(H3,25,26,28). The van der Waals surface area contributed by atoms with E-state index < -0.39 is 0 Å². The number of amidine groups is 1.